The summed E-state index contributed by atoms with van der Waals surface area (Å²) in [6.07, 6.45) is 19.4. The van der Waals surface area contributed by atoms with Crippen LogP contribution in [0, 0.1) is 5.41 Å². The highest BCUT2D eigenvalue weighted by Crippen LogP contribution is 2.46. The van der Waals surface area contributed by atoms with E-state index in [1.54, 1.807) is 0 Å². The van der Waals surface area contributed by atoms with Gasteiger partial charge in [-0.2, -0.15) is 0 Å². The average Bonchev–Trinajstić information content (AvgIpc) is 2.56. The number of hydrogen-bond donors (Lipinski definition) is 4. The maximum absolute atomic E-state index is 5.58. The van der Waals surface area contributed by atoms with Gasteiger partial charge < -0.3 is 16.8 Å². The van der Waals surface area contributed by atoms with E-state index in [2.05, 4.69) is 65.7 Å². The first kappa shape index (κ1) is 14.8. The van der Waals surface area contributed by atoms with Gasteiger partial charge in [-0.3, -0.25) is 5.01 Å². The predicted octanol–water partition coefficient (Wildman–Crippen LogP) is 0.648. The van der Waals surface area contributed by atoms with Crippen molar-refractivity contribution in [1.29, 1.82) is 0 Å². The minimum Gasteiger partial charge on any atom is -0.384 e. The molecule has 6 N–H and O–H groups in total. The van der Waals surface area contributed by atoms with Crippen LogP contribution >= 0.6 is 0 Å². The van der Waals surface area contributed by atoms with E-state index < -0.39 is 0 Å². The Morgan fingerprint density at radius 2 is 1.77 bits per heavy atom. The molecule has 22 heavy (non-hydrogen) atoms. The first-order valence-electron chi connectivity index (χ1n) is 7.66. The van der Waals surface area contributed by atoms with Gasteiger partial charge >= 0.3 is 0 Å². The highest BCUT2D eigenvalue weighted by Gasteiger charge is 2.37. The van der Waals surface area contributed by atoms with Gasteiger partial charge in [0, 0.05) is 44.3 Å². The number of allylic oxidation sites excluding steroid dienone is 9. The van der Waals surface area contributed by atoms with E-state index in [1.165, 1.54) is 11.1 Å². The minimum absolute atomic E-state index is 0.163. The van der Waals surface area contributed by atoms with Gasteiger partial charge in [-0.25, -0.2) is 5.43 Å². The molecule has 3 rings (SSSR count). The molecule has 1 atom stereocenters. The highest BCUT2D eigenvalue weighted by molar-refractivity contribution is 5.59. The Labute approximate surface area is 131 Å². The second-order valence-corrected chi connectivity index (χ2v) is 5.51. The number of nitrogens with one attached hydrogen (secondary N) is 2. The van der Waals surface area contributed by atoms with Crippen LogP contribution in [0.15, 0.2) is 71.8 Å². The van der Waals surface area contributed by atoms with Crippen molar-refractivity contribution < 1.29 is 0 Å². The molecule has 1 spiro atoms. The molecule has 0 aromatic carbocycles. The van der Waals surface area contributed by atoms with Crippen molar-refractivity contribution in [3.05, 3.63) is 71.8 Å². The molecule has 0 fully saturated rings. The Morgan fingerprint density at radius 1 is 0.955 bits per heavy atom. The lowest BCUT2D eigenvalue weighted by atomic mass is 9.68. The van der Waals surface area contributed by atoms with Crippen molar-refractivity contribution in [2.45, 2.75) is 0 Å². The third-order valence-electron chi connectivity index (χ3n) is 4.01. The van der Waals surface area contributed by atoms with Gasteiger partial charge in [0.15, 0.2) is 0 Å². The molecular weight excluding hydrogens is 274 g/mol. The van der Waals surface area contributed by atoms with Crippen molar-refractivity contribution in [3.63, 3.8) is 0 Å². The SMILES string of the molecule is NCCNC1=CC2=CN(NCCN)C=C3C=CC=CC32C=C1. The molecule has 3 aliphatic rings. The van der Waals surface area contributed by atoms with Crippen LogP contribution in [0.3, 0.4) is 0 Å². The molecule has 0 radical (unpaired) electrons. The topological polar surface area (TPSA) is 79.3 Å². The van der Waals surface area contributed by atoms with E-state index in [4.69, 9.17) is 11.5 Å². The summed E-state index contributed by atoms with van der Waals surface area (Å²) in [6.45, 7) is 2.72. The maximum Gasteiger partial charge on any atom is 0.0600 e. The Kier molecular flexibility index (Phi) is 4.29. The summed E-state index contributed by atoms with van der Waals surface area (Å²) < 4.78 is 0. The smallest absolute Gasteiger partial charge is 0.0600 e. The van der Waals surface area contributed by atoms with Gasteiger partial charge in [0.2, 0.25) is 0 Å². The molecule has 0 amide bonds. The summed E-state index contributed by atoms with van der Waals surface area (Å²) >= 11 is 0. The summed E-state index contributed by atoms with van der Waals surface area (Å²) in [5, 5.41) is 5.34. The summed E-state index contributed by atoms with van der Waals surface area (Å²) in [6, 6.07) is 0. The lowest BCUT2D eigenvalue weighted by Gasteiger charge is -2.40. The summed E-state index contributed by atoms with van der Waals surface area (Å²) in [4.78, 5) is 0. The molecule has 1 unspecified atom stereocenters. The van der Waals surface area contributed by atoms with Crippen LogP contribution < -0.4 is 22.2 Å². The molecule has 0 saturated heterocycles. The fourth-order valence-corrected chi connectivity index (χ4v) is 2.91. The third kappa shape index (κ3) is 2.66. The molecule has 5 nitrogen and oxygen atoms in total. The maximum atomic E-state index is 5.58. The number of hydrogen-bond acceptors (Lipinski definition) is 5. The van der Waals surface area contributed by atoms with E-state index in [9.17, 15) is 0 Å². The van der Waals surface area contributed by atoms with E-state index in [0.717, 1.165) is 18.8 Å². The second kappa shape index (κ2) is 6.36. The second-order valence-electron chi connectivity index (χ2n) is 5.51. The molecule has 0 aromatic rings. The van der Waals surface area contributed by atoms with Crippen molar-refractivity contribution in [3.8, 4) is 0 Å². The number of nitrogens with two attached hydrogens (primary N) is 2. The van der Waals surface area contributed by atoms with Gasteiger partial charge in [-0.15, -0.1) is 0 Å². The van der Waals surface area contributed by atoms with Crippen LogP contribution in [0.1, 0.15) is 0 Å². The van der Waals surface area contributed by atoms with E-state index in [1.807, 2.05) is 5.01 Å². The Bertz CT molecular complexity index is 609. The molecule has 1 aliphatic heterocycles. The number of hydrazine groups is 1. The zero-order chi connectivity index (χ0) is 15.4. The van der Waals surface area contributed by atoms with E-state index in [-0.39, 0.29) is 5.41 Å². The predicted molar refractivity (Wildman–Crippen MR) is 90.1 cm³/mol. The fraction of sp³-hybridized carbons (Fsp3) is 0.294. The van der Waals surface area contributed by atoms with Crippen LogP contribution in [-0.2, 0) is 0 Å². The van der Waals surface area contributed by atoms with Crippen LogP contribution in [0.4, 0.5) is 0 Å². The quantitative estimate of drug-likeness (QED) is 0.579. The van der Waals surface area contributed by atoms with E-state index >= 15 is 0 Å². The largest absolute Gasteiger partial charge is 0.384 e. The van der Waals surface area contributed by atoms with Gasteiger partial charge in [0.05, 0.1) is 5.41 Å². The van der Waals surface area contributed by atoms with Crippen LogP contribution in [-0.4, -0.2) is 31.2 Å². The number of nitrogens with zero attached hydrogens (tertiary/aromatic N) is 1. The Morgan fingerprint density at radius 3 is 2.59 bits per heavy atom. The first-order chi connectivity index (χ1) is 10.8. The molecule has 0 saturated carbocycles. The Hall–Kier alpha value is -2.08. The molecule has 0 aromatic heterocycles. The third-order valence-corrected chi connectivity index (χ3v) is 4.01. The zero-order valence-electron chi connectivity index (χ0n) is 12.6. The van der Waals surface area contributed by atoms with Crippen molar-refractivity contribution in [2.75, 3.05) is 26.2 Å². The normalized spacial score (nSPS) is 25.2. The molecule has 116 valence electrons. The Balaban J connectivity index is 1.91. The molecular formula is C17H23N5. The fourth-order valence-electron chi connectivity index (χ4n) is 2.91. The monoisotopic (exact) mass is 297 g/mol. The summed E-state index contributed by atoms with van der Waals surface area (Å²) in [5.74, 6) is 0. The van der Waals surface area contributed by atoms with Crippen LogP contribution in [0.5, 0.6) is 0 Å². The van der Waals surface area contributed by atoms with Crippen LogP contribution in [0.25, 0.3) is 0 Å². The molecule has 1 heterocycles. The van der Waals surface area contributed by atoms with E-state index in [0.29, 0.717) is 13.1 Å². The lowest BCUT2D eigenvalue weighted by Crippen LogP contribution is -2.39. The van der Waals surface area contributed by atoms with Crippen molar-refractivity contribution in [1.82, 2.24) is 15.8 Å². The molecule has 5 heteroatoms. The van der Waals surface area contributed by atoms with Gasteiger partial charge in [0.1, 0.15) is 0 Å². The van der Waals surface area contributed by atoms with Gasteiger partial charge in [0.25, 0.3) is 0 Å². The van der Waals surface area contributed by atoms with Crippen molar-refractivity contribution in [2.24, 2.45) is 16.9 Å². The standard InChI is InChI=1S/C17H23N5/c18-7-9-20-16-4-6-17-5-2-1-3-14(17)12-22(21-10-8-19)13-15(17)11-16/h1-6,11-13,20-21H,7-10,18-19H2. The van der Waals surface area contributed by atoms with Crippen molar-refractivity contribution >= 4 is 0 Å². The zero-order valence-corrected chi connectivity index (χ0v) is 12.6. The van der Waals surface area contributed by atoms with Gasteiger partial charge in [-0.1, -0.05) is 30.4 Å². The summed E-state index contributed by atoms with van der Waals surface area (Å²) in [7, 11) is 0. The van der Waals surface area contributed by atoms with Crippen LogP contribution in [0.2, 0.25) is 0 Å². The molecule has 2 aliphatic carbocycles. The summed E-state index contributed by atoms with van der Waals surface area (Å²) in [5.41, 5.74) is 17.8. The highest BCUT2D eigenvalue weighted by atomic mass is 15.5. The molecule has 0 bridgehead atoms. The minimum atomic E-state index is -0.163. The average molecular weight is 297 g/mol. The lowest BCUT2D eigenvalue weighted by molar-refractivity contribution is 0.351. The number of rotatable bonds is 6. The first-order valence-corrected chi connectivity index (χ1v) is 7.66. The van der Waals surface area contributed by atoms with Gasteiger partial charge in [-0.05, 0) is 23.3 Å².